The molecule has 156 valence electrons. The third-order valence-electron chi connectivity index (χ3n) is 4.00. The van der Waals surface area contributed by atoms with E-state index < -0.39 is 27.9 Å². The lowest BCUT2D eigenvalue weighted by Gasteiger charge is -2.19. The van der Waals surface area contributed by atoms with Crippen molar-refractivity contribution in [3.63, 3.8) is 0 Å². The molecule has 0 aliphatic carbocycles. The van der Waals surface area contributed by atoms with Crippen LogP contribution in [-0.2, 0) is 19.6 Å². The van der Waals surface area contributed by atoms with Crippen molar-refractivity contribution in [2.24, 2.45) is 0 Å². The summed E-state index contributed by atoms with van der Waals surface area (Å²) in [5, 5.41) is 2.82. The maximum Gasteiger partial charge on any atom is 0.308 e. The van der Waals surface area contributed by atoms with Gasteiger partial charge in [-0.1, -0.05) is 30.3 Å². The smallest absolute Gasteiger partial charge is 0.308 e. The molecule has 7 nitrogen and oxygen atoms in total. The molecule has 2 aromatic carbocycles. The highest BCUT2D eigenvalue weighted by molar-refractivity contribution is 7.89. The van der Waals surface area contributed by atoms with Crippen molar-refractivity contribution in [1.82, 2.24) is 10.0 Å². The van der Waals surface area contributed by atoms with Crippen molar-refractivity contribution in [2.45, 2.75) is 44.2 Å². The van der Waals surface area contributed by atoms with E-state index in [-0.39, 0.29) is 24.0 Å². The number of ether oxygens (including phenoxy) is 1. The molecule has 0 radical (unpaired) electrons. The van der Waals surface area contributed by atoms with Crippen LogP contribution in [0, 0.1) is 0 Å². The van der Waals surface area contributed by atoms with Crippen LogP contribution in [0.15, 0.2) is 59.5 Å². The Labute approximate surface area is 171 Å². The SMILES string of the molecule is CCOC(=O)CC(NC(=O)c1ccc(S(=O)(=O)NC(C)C)cc1)c1ccccc1. The van der Waals surface area contributed by atoms with Gasteiger partial charge in [-0.25, -0.2) is 13.1 Å². The lowest BCUT2D eigenvalue weighted by atomic mass is 10.0. The van der Waals surface area contributed by atoms with Gasteiger partial charge in [0.1, 0.15) is 0 Å². The van der Waals surface area contributed by atoms with Gasteiger partial charge in [-0.3, -0.25) is 9.59 Å². The first kappa shape index (κ1) is 22.6. The van der Waals surface area contributed by atoms with Gasteiger partial charge in [0.25, 0.3) is 5.91 Å². The van der Waals surface area contributed by atoms with Gasteiger partial charge in [0.2, 0.25) is 10.0 Å². The van der Waals surface area contributed by atoms with Gasteiger partial charge in [0, 0.05) is 11.6 Å². The number of carbonyl (C=O) groups excluding carboxylic acids is 2. The molecule has 0 aliphatic heterocycles. The van der Waals surface area contributed by atoms with E-state index >= 15 is 0 Å². The first-order chi connectivity index (χ1) is 13.7. The molecule has 0 aromatic heterocycles. The van der Waals surface area contributed by atoms with Crippen LogP contribution in [0.2, 0.25) is 0 Å². The number of hydrogen-bond acceptors (Lipinski definition) is 5. The molecule has 2 N–H and O–H groups in total. The second-order valence-electron chi connectivity index (χ2n) is 6.75. The average Bonchev–Trinajstić information content (AvgIpc) is 2.67. The maximum absolute atomic E-state index is 12.7. The highest BCUT2D eigenvalue weighted by Gasteiger charge is 2.21. The number of amides is 1. The van der Waals surface area contributed by atoms with Crippen molar-refractivity contribution in [3.05, 3.63) is 65.7 Å². The molecule has 2 aromatic rings. The van der Waals surface area contributed by atoms with Gasteiger partial charge in [0.15, 0.2) is 0 Å². The summed E-state index contributed by atoms with van der Waals surface area (Å²) in [5.74, 6) is -0.827. The largest absolute Gasteiger partial charge is 0.466 e. The fraction of sp³-hybridized carbons (Fsp3) is 0.333. The zero-order valence-electron chi connectivity index (χ0n) is 16.7. The van der Waals surface area contributed by atoms with Crippen LogP contribution in [0.4, 0.5) is 0 Å². The van der Waals surface area contributed by atoms with Crippen molar-refractivity contribution in [3.8, 4) is 0 Å². The van der Waals surface area contributed by atoms with Crippen LogP contribution >= 0.6 is 0 Å². The monoisotopic (exact) mass is 418 g/mol. The van der Waals surface area contributed by atoms with Gasteiger partial charge in [0.05, 0.1) is 24.0 Å². The maximum atomic E-state index is 12.7. The minimum absolute atomic E-state index is 0.00559. The van der Waals surface area contributed by atoms with E-state index in [1.54, 1.807) is 20.8 Å². The standard InChI is InChI=1S/C21H26N2O5S/c1-4-28-20(24)14-19(16-8-6-5-7-9-16)22-21(25)17-10-12-18(13-11-17)29(26,27)23-15(2)3/h5-13,15,19,23H,4,14H2,1-3H3,(H,22,25). The third-order valence-corrected chi connectivity index (χ3v) is 5.68. The molecule has 29 heavy (non-hydrogen) atoms. The first-order valence-corrected chi connectivity index (χ1v) is 10.8. The molecule has 0 bridgehead atoms. The predicted molar refractivity (Wildman–Crippen MR) is 110 cm³/mol. The van der Waals surface area contributed by atoms with Crippen LogP contribution in [0.1, 0.15) is 49.2 Å². The van der Waals surface area contributed by atoms with E-state index in [9.17, 15) is 18.0 Å². The molecule has 1 amide bonds. The minimum Gasteiger partial charge on any atom is -0.466 e. The number of sulfonamides is 1. The van der Waals surface area contributed by atoms with Gasteiger partial charge >= 0.3 is 5.97 Å². The molecule has 2 rings (SSSR count). The van der Waals surface area contributed by atoms with E-state index in [0.29, 0.717) is 5.56 Å². The molecular weight excluding hydrogens is 392 g/mol. The molecule has 1 unspecified atom stereocenters. The Kier molecular flexibility index (Phi) is 7.92. The van der Waals surface area contributed by atoms with E-state index in [2.05, 4.69) is 10.0 Å². The summed E-state index contributed by atoms with van der Waals surface area (Å²) >= 11 is 0. The highest BCUT2D eigenvalue weighted by atomic mass is 32.2. The molecule has 0 spiro atoms. The number of esters is 1. The van der Waals surface area contributed by atoms with Gasteiger partial charge in [-0.2, -0.15) is 0 Å². The number of rotatable bonds is 9. The number of carbonyl (C=O) groups is 2. The number of hydrogen-bond donors (Lipinski definition) is 2. The predicted octanol–water partition coefficient (Wildman–Crippen LogP) is 2.80. The molecular formula is C21H26N2O5S. The number of benzene rings is 2. The molecule has 0 saturated carbocycles. The highest BCUT2D eigenvalue weighted by Crippen LogP contribution is 2.19. The topological polar surface area (TPSA) is 102 Å². The summed E-state index contributed by atoms with van der Waals surface area (Å²) in [6.45, 7) is 5.44. The lowest BCUT2D eigenvalue weighted by molar-refractivity contribution is -0.143. The Morgan fingerprint density at radius 2 is 1.62 bits per heavy atom. The summed E-state index contributed by atoms with van der Waals surface area (Å²) in [4.78, 5) is 24.7. The van der Waals surface area contributed by atoms with Gasteiger partial charge in [-0.15, -0.1) is 0 Å². The third kappa shape index (κ3) is 6.69. The Bertz CT molecular complexity index is 925. The Balaban J connectivity index is 2.17. The van der Waals surface area contributed by atoms with E-state index in [1.165, 1.54) is 24.3 Å². The average molecular weight is 419 g/mol. The lowest BCUT2D eigenvalue weighted by Crippen LogP contribution is -2.31. The van der Waals surface area contributed by atoms with E-state index in [0.717, 1.165) is 5.56 Å². The molecule has 1 atom stereocenters. The summed E-state index contributed by atoms with van der Waals surface area (Å²) < 4.78 is 31.9. The van der Waals surface area contributed by atoms with Crippen molar-refractivity contribution < 1.29 is 22.7 Å². The molecule has 8 heteroatoms. The number of nitrogens with one attached hydrogen (secondary N) is 2. The zero-order valence-corrected chi connectivity index (χ0v) is 17.5. The molecule has 0 fully saturated rings. The molecule has 0 saturated heterocycles. The van der Waals surface area contributed by atoms with Gasteiger partial charge < -0.3 is 10.1 Å². The summed E-state index contributed by atoms with van der Waals surface area (Å²) in [5.41, 5.74) is 1.06. The van der Waals surface area contributed by atoms with Crippen LogP contribution in [0.3, 0.4) is 0 Å². The van der Waals surface area contributed by atoms with Gasteiger partial charge in [-0.05, 0) is 50.6 Å². The second-order valence-corrected chi connectivity index (χ2v) is 8.46. The normalized spacial score (nSPS) is 12.4. The summed E-state index contributed by atoms with van der Waals surface area (Å²) in [7, 11) is -3.63. The minimum atomic E-state index is -3.63. The summed E-state index contributed by atoms with van der Waals surface area (Å²) in [6.07, 6.45) is -0.00559. The first-order valence-electron chi connectivity index (χ1n) is 9.36. The Morgan fingerprint density at radius 3 is 2.17 bits per heavy atom. The fourth-order valence-corrected chi connectivity index (χ4v) is 3.98. The zero-order chi connectivity index (χ0) is 21.4. The molecule has 0 aliphatic rings. The van der Waals surface area contributed by atoms with Crippen molar-refractivity contribution >= 4 is 21.9 Å². The van der Waals surface area contributed by atoms with Crippen LogP contribution in [-0.4, -0.2) is 32.9 Å². The fourth-order valence-electron chi connectivity index (χ4n) is 2.73. The summed E-state index contributed by atoms with van der Waals surface area (Å²) in [6, 6.07) is 14.0. The Morgan fingerprint density at radius 1 is 1.00 bits per heavy atom. The van der Waals surface area contributed by atoms with E-state index in [1.807, 2.05) is 30.3 Å². The van der Waals surface area contributed by atoms with Crippen LogP contribution < -0.4 is 10.0 Å². The quantitative estimate of drug-likeness (QED) is 0.610. The van der Waals surface area contributed by atoms with Crippen molar-refractivity contribution in [2.75, 3.05) is 6.61 Å². The second kappa shape index (κ2) is 10.2. The van der Waals surface area contributed by atoms with Crippen molar-refractivity contribution in [1.29, 1.82) is 0 Å². The van der Waals surface area contributed by atoms with E-state index in [4.69, 9.17) is 4.74 Å². The van der Waals surface area contributed by atoms with Crippen LogP contribution in [0.25, 0.3) is 0 Å². The molecule has 0 heterocycles. The van der Waals surface area contributed by atoms with Crippen LogP contribution in [0.5, 0.6) is 0 Å². The Hall–Kier alpha value is -2.71.